The monoisotopic (exact) mass is 428 g/mol. The summed E-state index contributed by atoms with van der Waals surface area (Å²) in [5, 5.41) is 20.2. The van der Waals surface area contributed by atoms with Crippen LogP contribution in [0.15, 0.2) is 48.6 Å². The highest BCUT2D eigenvalue weighted by Gasteiger charge is 2.41. The number of phenols is 2. The molecule has 0 amide bonds. The lowest BCUT2D eigenvalue weighted by molar-refractivity contribution is -0.114. The highest BCUT2D eigenvalue weighted by Crippen LogP contribution is 2.40. The third kappa shape index (κ3) is 4.35. The maximum absolute atomic E-state index is 13.1. The van der Waals surface area contributed by atoms with E-state index >= 15 is 0 Å². The van der Waals surface area contributed by atoms with Crippen LogP contribution in [0.1, 0.15) is 46.9 Å². The van der Waals surface area contributed by atoms with Crippen molar-refractivity contribution >= 4 is 23.4 Å². The standard InChI is InChI=1S/C23H21ClO6/c24-22-15-10-14(25)8-4-5-9-18-20(29-18)12-19(13-6-2-1-3-7-13)30-23(28)21(15)16(26)11-17(22)27/h1-4,6-8,11,18-20,26-27H,5,9-10,12H2/b8-4+/t18-,19-,20-/m1/s1. The van der Waals surface area contributed by atoms with Gasteiger partial charge in [0.15, 0.2) is 5.78 Å². The van der Waals surface area contributed by atoms with Gasteiger partial charge in [-0.05, 0) is 24.5 Å². The average Bonchev–Trinajstić information content (AvgIpc) is 3.46. The number of fused-ring (bicyclic) bond motifs is 2. The van der Waals surface area contributed by atoms with E-state index in [4.69, 9.17) is 21.1 Å². The number of esters is 1. The van der Waals surface area contributed by atoms with E-state index in [0.717, 1.165) is 18.1 Å². The molecule has 0 saturated carbocycles. The Balaban J connectivity index is 1.75. The number of phenolic OH excluding ortho intramolecular Hbond substituents is 2. The molecule has 1 fully saturated rings. The van der Waals surface area contributed by atoms with Gasteiger partial charge in [-0.2, -0.15) is 0 Å². The van der Waals surface area contributed by atoms with Crippen LogP contribution in [0.25, 0.3) is 0 Å². The smallest absolute Gasteiger partial charge is 0.342 e. The van der Waals surface area contributed by atoms with E-state index in [0.29, 0.717) is 12.8 Å². The largest absolute Gasteiger partial charge is 0.507 e. The molecule has 2 heterocycles. The molecule has 2 aromatic rings. The number of carbonyl (C=O) groups is 2. The van der Waals surface area contributed by atoms with Crippen molar-refractivity contribution in [1.82, 2.24) is 0 Å². The molecule has 156 valence electrons. The Morgan fingerprint density at radius 3 is 2.57 bits per heavy atom. The minimum Gasteiger partial charge on any atom is -0.507 e. The van der Waals surface area contributed by atoms with E-state index in [9.17, 15) is 19.8 Å². The second kappa shape index (κ2) is 8.50. The fraction of sp³-hybridized carbons (Fsp3) is 0.304. The van der Waals surface area contributed by atoms with Crippen LogP contribution >= 0.6 is 11.6 Å². The number of ether oxygens (including phenoxy) is 2. The lowest BCUT2D eigenvalue weighted by Crippen LogP contribution is -2.17. The van der Waals surface area contributed by atoms with Crippen LogP contribution < -0.4 is 0 Å². The number of ketones is 1. The fourth-order valence-corrected chi connectivity index (χ4v) is 3.96. The average molecular weight is 429 g/mol. The first-order valence-corrected chi connectivity index (χ1v) is 10.2. The topological polar surface area (TPSA) is 96.4 Å². The van der Waals surface area contributed by atoms with Crippen LogP contribution in [0.3, 0.4) is 0 Å². The third-order valence-corrected chi connectivity index (χ3v) is 5.77. The predicted octanol–water partition coefficient (Wildman–Crippen LogP) is 4.27. The molecule has 2 aliphatic heterocycles. The van der Waals surface area contributed by atoms with E-state index in [1.54, 1.807) is 6.08 Å². The van der Waals surface area contributed by atoms with Crippen LogP contribution in [0.2, 0.25) is 5.02 Å². The summed E-state index contributed by atoms with van der Waals surface area (Å²) in [6.45, 7) is 0. The molecule has 7 heteroatoms. The predicted molar refractivity (Wildman–Crippen MR) is 110 cm³/mol. The first-order chi connectivity index (χ1) is 14.4. The van der Waals surface area contributed by atoms with Crippen molar-refractivity contribution < 1.29 is 29.3 Å². The quantitative estimate of drug-likeness (QED) is 0.520. The zero-order chi connectivity index (χ0) is 21.3. The summed E-state index contributed by atoms with van der Waals surface area (Å²) in [6.07, 6.45) is 4.26. The Hall–Kier alpha value is -2.83. The first-order valence-electron chi connectivity index (χ1n) is 9.78. The molecule has 0 spiro atoms. The molecule has 2 aromatic carbocycles. The molecule has 1 saturated heterocycles. The van der Waals surface area contributed by atoms with E-state index in [1.807, 2.05) is 30.3 Å². The van der Waals surface area contributed by atoms with Gasteiger partial charge in [-0.1, -0.05) is 48.0 Å². The molecule has 30 heavy (non-hydrogen) atoms. The number of aromatic hydroxyl groups is 2. The van der Waals surface area contributed by atoms with Crippen LogP contribution in [0, 0.1) is 0 Å². The van der Waals surface area contributed by atoms with Crippen LogP contribution in [0.5, 0.6) is 11.5 Å². The van der Waals surface area contributed by atoms with Gasteiger partial charge in [0.1, 0.15) is 23.2 Å². The number of benzene rings is 2. The number of hydrogen-bond donors (Lipinski definition) is 2. The van der Waals surface area contributed by atoms with Gasteiger partial charge in [-0.25, -0.2) is 4.79 Å². The SMILES string of the molecule is O=C1/C=C/CC[C@H]2O[C@@H]2C[C@H](c2ccccc2)OC(=O)c2c(O)cc(O)c(Cl)c2C1. The Kier molecular flexibility index (Phi) is 5.79. The summed E-state index contributed by atoms with van der Waals surface area (Å²) in [5.41, 5.74) is 0.623. The number of hydrogen-bond acceptors (Lipinski definition) is 6. The molecule has 6 nitrogen and oxygen atoms in total. The van der Waals surface area contributed by atoms with E-state index in [1.165, 1.54) is 6.08 Å². The van der Waals surface area contributed by atoms with Crippen molar-refractivity contribution in [3.05, 3.63) is 70.3 Å². The van der Waals surface area contributed by atoms with Gasteiger partial charge in [0.25, 0.3) is 0 Å². The lowest BCUT2D eigenvalue weighted by atomic mass is 9.98. The molecule has 0 aliphatic carbocycles. The van der Waals surface area contributed by atoms with Gasteiger partial charge in [-0.15, -0.1) is 0 Å². The lowest BCUT2D eigenvalue weighted by Gasteiger charge is -2.20. The van der Waals surface area contributed by atoms with Gasteiger partial charge >= 0.3 is 5.97 Å². The van der Waals surface area contributed by atoms with E-state index in [2.05, 4.69) is 0 Å². The van der Waals surface area contributed by atoms with E-state index in [-0.39, 0.29) is 40.6 Å². The second-order valence-corrected chi connectivity index (χ2v) is 7.84. The summed E-state index contributed by atoms with van der Waals surface area (Å²) >= 11 is 6.18. The number of carbonyl (C=O) groups excluding carboxylic acids is 2. The van der Waals surface area contributed by atoms with Crippen molar-refractivity contribution in [3.63, 3.8) is 0 Å². The molecule has 2 aliphatic rings. The van der Waals surface area contributed by atoms with Gasteiger partial charge in [0, 0.05) is 24.5 Å². The summed E-state index contributed by atoms with van der Waals surface area (Å²) in [5.74, 6) is -2.02. The van der Waals surface area contributed by atoms with Crippen LogP contribution in [0.4, 0.5) is 0 Å². The van der Waals surface area contributed by atoms with Crippen molar-refractivity contribution in [2.75, 3.05) is 0 Å². The first kappa shape index (κ1) is 20.4. The third-order valence-electron chi connectivity index (χ3n) is 5.35. The molecule has 4 rings (SSSR count). The summed E-state index contributed by atoms with van der Waals surface area (Å²) in [6, 6.07) is 10.3. The van der Waals surface area contributed by atoms with Gasteiger partial charge in [-0.3, -0.25) is 4.79 Å². The van der Waals surface area contributed by atoms with Crippen LogP contribution in [-0.4, -0.2) is 34.2 Å². The number of halogens is 1. The number of allylic oxidation sites excluding steroid dienone is 2. The molecule has 2 N–H and O–H groups in total. The summed E-state index contributed by atoms with van der Waals surface area (Å²) in [4.78, 5) is 25.5. The minimum atomic E-state index is -0.815. The summed E-state index contributed by atoms with van der Waals surface area (Å²) < 4.78 is 11.5. The minimum absolute atomic E-state index is 0.0400. The van der Waals surface area contributed by atoms with Crippen LogP contribution in [-0.2, 0) is 20.7 Å². The number of cyclic esters (lactones) is 1. The molecule has 0 aromatic heterocycles. The molecule has 0 radical (unpaired) electrons. The fourth-order valence-electron chi connectivity index (χ4n) is 3.75. The highest BCUT2D eigenvalue weighted by atomic mass is 35.5. The highest BCUT2D eigenvalue weighted by molar-refractivity contribution is 6.33. The molecular weight excluding hydrogens is 408 g/mol. The second-order valence-electron chi connectivity index (χ2n) is 7.46. The molecule has 0 unspecified atom stereocenters. The zero-order valence-corrected chi connectivity index (χ0v) is 16.8. The zero-order valence-electron chi connectivity index (χ0n) is 16.1. The maximum atomic E-state index is 13.1. The van der Waals surface area contributed by atoms with Crippen molar-refractivity contribution in [3.8, 4) is 11.5 Å². The Morgan fingerprint density at radius 2 is 1.80 bits per heavy atom. The normalized spacial score (nSPS) is 25.4. The Bertz CT molecular complexity index is 1000. The van der Waals surface area contributed by atoms with Gasteiger partial charge < -0.3 is 19.7 Å². The molecule has 3 atom stereocenters. The van der Waals surface area contributed by atoms with E-state index < -0.39 is 23.6 Å². The summed E-state index contributed by atoms with van der Waals surface area (Å²) in [7, 11) is 0. The Labute approximate surface area is 178 Å². The number of rotatable bonds is 1. The van der Waals surface area contributed by atoms with Crippen molar-refractivity contribution in [2.24, 2.45) is 0 Å². The molecular formula is C23H21ClO6. The molecule has 0 bridgehead atoms. The number of epoxide rings is 1. The van der Waals surface area contributed by atoms with Crippen molar-refractivity contribution in [2.45, 2.75) is 44.0 Å². The Morgan fingerprint density at radius 1 is 1.03 bits per heavy atom. The van der Waals surface area contributed by atoms with Gasteiger partial charge in [0.2, 0.25) is 0 Å². The van der Waals surface area contributed by atoms with Crippen molar-refractivity contribution in [1.29, 1.82) is 0 Å². The van der Waals surface area contributed by atoms with Gasteiger partial charge in [0.05, 0.1) is 17.2 Å². The maximum Gasteiger partial charge on any atom is 0.342 e.